The lowest BCUT2D eigenvalue weighted by Gasteiger charge is -2.26. The van der Waals surface area contributed by atoms with Gasteiger partial charge in [-0.05, 0) is 48.9 Å². The molecule has 3 rings (SSSR count). The predicted molar refractivity (Wildman–Crippen MR) is 120 cm³/mol. The molecule has 0 aliphatic carbocycles. The number of nitrogens with one attached hydrogen (secondary N) is 2. The summed E-state index contributed by atoms with van der Waals surface area (Å²) in [4.78, 5) is 35.7. The minimum Gasteiger partial charge on any atom is -0.452 e. The summed E-state index contributed by atoms with van der Waals surface area (Å²) < 4.78 is 37.3. The van der Waals surface area contributed by atoms with Gasteiger partial charge in [0.2, 0.25) is 15.9 Å². The van der Waals surface area contributed by atoms with Crippen molar-refractivity contribution in [1.82, 2.24) is 4.31 Å². The number of rotatable bonds is 7. The molecule has 0 saturated carbocycles. The Morgan fingerprint density at radius 1 is 1.00 bits per heavy atom. The van der Waals surface area contributed by atoms with Crippen molar-refractivity contribution in [2.24, 2.45) is 0 Å². The van der Waals surface area contributed by atoms with E-state index in [9.17, 15) is 22.8 Å². The van der Waals surface area contributed by atoms with Crippen LogP contribution in [-0.4, -0.2) is 63.4 Å². The van der Waals surface area contributed by atoms with E-state index in [1.165, 1.54) is 29.4 Å². The first-order valence-corrected chi connectivity index (χ1v) is 11.6. The van der Waals surface area contributed by atoms with Gasteiger partial charge >= 0.3 is 5.97 Å². The standard InChI is InChI=1S/C22H25N3O7S/c1-15-3-8-19(33(29,30)25-9-11-31-12-10-25)13-20(15)22(28)32-14-21(27)24-18-6-4-17(5-7-18)23-16(2)26/h3-8,13H,9-12,14H2,1-2H3,(H,23,26)(H,24,27). The summed E-state index contributed by atoms with van der Waals surface area (Å²) >= 11 is 0. The van der Waals surface area contributed by atoms with Crippen LogP contribution in [0, 0.1) is 6.92 Å². The molecule has 0 spiro atoms. The van der Waals surface area contributed by atoms with Crippen LogP contribution < -0.4 is 10.6 Å². The first-order valence-electron chi connectivity index (χ1n) is 10.2. The Morgan fingerprint density at radius 2 is 1.61 bits per heavy atom. The average Bonchev–Trinajstić information content (AvgIpc) is 2.79. The third-order valence-electron chi connectivity index (χ3n) is 4.86. The molecule has 2 aromatic rings. The number of carbonyl (C=O) groups is 3. The number of sulfonamides is 1. The zero-order chi connectivity index (χ0) is 24.0. The Kier molecular flexibility index (Phi) is 7.79. The molecule has 10 nitrogen and oxygen atoms in total. The van der Waals surface area contributed by atoms with Gasteiger partial charge in [0.25, 0.3) is 5.91 Å². The minimum atomic E-state index is -3.78. The number of benzene rings is 2. The van der Waals surface area contributed by atoms with Gasteiger partial charge in [-0.1, -0.05) is 6.07 Å². The molecule has 0 radical (unpaired) electrons. The Bertz CT molecular complexity index is 1140. The quantitative estimate of drug-likeness (QED) is 0.584. The molecule has 1 aliphatic rings. The first-order chi connectivity index (χ1) is 15.7. The van der Waals surface area contributed by atoms with Gasteiger partial charge in [0.1, 0.15) is 0 Å². The molecule has 0 unspecified atom stereocenters. The largest absolute Gasteiger partial charge is 0.452 e. The van der Waals surface area contributed by atoms with E-state index >= 15 is 0 Å². The van der Waals surface area contributed by atoms with Crippen molar-refractivity contribution in [2.75, 3.05) is 43.5 Å². The number of amides is 2. The van der Waals surface area contributed by atoms with E-state index in [4.69, 9.17) is 9.47 Å². The fraction of sp³-hybridized carbons (Fsp3) is 0.318. The van der Waals surface area contributed by atoms with Crippen molar-refractivity contribution in [1.29, 1.82) is 0 Å². The van der Waals surface area contributed by atoms with Crippen molar-refractivity contribution in [3.8, 4) is 0 Å². The SMILES string of the molecule is CC(=O)Nc1ccc(NC(=O)COC(=O)c2cc(S(=O)(=O)N3CCOCC3)ccc2C)cc1. The fourth-order valence-corrected chi connectivity index (χ4v) is 4.60. The molecule has 0 atom stereocenters. The highest BCUT2D eigenvalue weighted by Gasteiger charge is 2.27. The minimum absolute atomic E-state index is 0.0225. The number of nitrogens with zero attached hydrogens (tertiary/aromatic N) is 1. The summed E-state index contributed by atoms with van der Waals surface area (Å²) in [5, 5.41) is 5.19. The van der Waals surface area contributed by atoms with E-state index in [1.54, 1.807) is 31.2 Å². The molecule has 1 aliphatic heterocycles. The lowest BCUT2D eigenvalue weighted by atomic mass is 10.1. The first kappa shape index (κ1) is 24.4. The smallest absolute Gasteiger partial charge is 0.338 e. The molecule has 0 bridgehead atoms. The summed E-state index contributed by atoms with van der Waals surface area (Å²) in [6.45, 7) is 3.59. The highest BCUT2D eigenvalue weighted by Crippen LogP contribution is 2.21. The van der Waals surface area contributed by atoms with Crippen LogP contribution in [0.2, 0.25) is 0 Å². The van der Waals surface area contributed by atoms with Gasteiger partial charge in [-0.2, -0.15) is 4.31 Å². The van der Waals surface area contributed by atoms with Crippen molar-refractivity contribution in [3.05, 3.63) is 53.6 Å². The number of anilines is 2. The van der Waals surface area contributed by atoms with Gasteiger partial charge < -0.3 is 20.1 Å². The number of aryl methyl sites for hydroxylation is 1. The van der Waals surface area contributed by atoms with Crippen LogP contribution in [0.5, 0.6) is 0 Å². The molecule has 176 valence electrons. The fourth-order valence-electron chi connectivity index (χ4n) is 3.16. The van der Waals surface area contributed by atoms with E-state index in [-0.39, 0.29) is 29.5 Å². The van der Waals surface area contributed by atoms with Crippen molar-refractivity contribution < 1.29 is 32.3 Å². The van der Waals surface area contributed by atoms with Gasteiger partial charge in [-0.25, -0.2) is 13.2 Å². The molecule has 33 heavy (non-hydrogen) atoms. The summed E-state index contributed by atoms with van der Waals surface area (Å²) in [5.41, 5.74) is 1.63. The number of esters is 1. The van der Waals surface area contributed by atoms with Crippen molar-refractivity contribution in [2.45, 2.75) is 18.7 Å². The lowest BCUT2D eigenvalue weighted by Crippen LogP contribution is -2.40. The number of morpholine rings is 1. The zero-order valence-electron chi connectivity index (χ0n) is 18.3. The molecule has 1 saturated heterocycles. The second-order valence-electron chi connectivity index (χ2n) is 7.38. The number of ether oxygens (including phenoxy) is 2. The number of carbonyl (C=O) groups excluding carboxylic acids is 3. The molecule has 1 fully saturated rings. The van der Waals surface area contributed by atoms with Crippen molar-refractivity contribution >= 4 is 39.2 Å². The van der Waals surface area contributed by atoms with Crippen LogP contribution in [0.3, 0.4) is 0 Å². The third-order valence-corrected chi connectivity index (χ3v) is 6.75. The molecule has 2 N–H and O–H groups in total. The van der Waals surface area contributed by atoms with E-state index in [2.05, 4.69) is 10.6 Å². The number of hydrogen-bond acceptors (Lipinski definition) is 7. The maximum atomic E-state index is 12.9. The van der Waals surface area contributed by atoms with Gasteiger partial charge in [-0.15, -0.1) is 0 Å². The van der Waals surface area contributed by atoms with E-state index in [1.807, 2.05) is 0 Å². The molecule has 0 aromatic heterocycles. The van der Waals surface area contributed by atoms with Gasteiger partial charge in [0.05, 0.1) is 23.7 Å². The summed E-state index contributed by atoms with van der Waals surface area (Å²) in [7, 11) is -3.78. The molecular formula is C22H25N3O7S. The van der Waals surface area contributed by atoms with Crippen LogP contribution in [0.25, 0.3) is 0 Å². The lowest BCUT2D eigenvalue weighted by molar-refractivity contribution is -0.119. The average molecular weight is 476 g/mol. The van der Waals surface area contributed by atoms with Crippen LogP contribution in [0.4, 0.5) is 11.4 Å². The monoisotopic (exact) mass is 475 g/mol. The van der Waals surface area contributed by atoms with Gasteiger partial charge in [0, 0.05) is 31.4 Å². The van der Waals surface area contributed by atoms with Gasteiger partial charge in [-0.3, -0.25) is 9.59 Å². The highest BCUT2D eigenvalue weighted by molar-refractivity contribution is 7.89. The van der Waals surface area contributed by atoms with E-state index < -0.39 is 28.5 Å². The highest BCUT2D eigenvalue weighted by atomic mass is 32.2. The Labute approximate surface area is 191 Å². The van der Waals surface area contributed by atoms with Gasteiger partial charge in [0.15, 0.2) is 6.61 Å². The second-order valence-corrected chi connectivity index (χ2v) is 9.31. The normalized spacial score (nSPS) is 14.4. The number of hydrogen-bond donors (Lipinski definition) is 2. The zero-order valence-corrected chi connectivity index (χ0v) is 19.1. The van der Waals surface area contributed by atoms with Crippen LogP contribution >= 0.6 is 0 Å². The summed E-state index contributed by atoms with van der Waals surface area (Å²) in [6, 6.07) is 10.7. The predicted octanol–water partition coefficient (Wildman–Crippen LogP) is 1.77. The van der Waals surface area contributed by atoms with Crippen LogP contribution in [0.15, 0.2) is 47.4 Å². The maximum absolute atomic E-state index is 12.9. The Morgan fingerprint density at radius 3 is 2.21 bits per heavy atom. The van der Waals surface area contributed by atoms with Crippen LogP contribution in [-0.2, 0) is 29.1 Å². The van der Waals surface area contributed by atoms with E-state index in [0.717, 1.165) is 0 Å². The Balaban J connectivity index is 1.62. The molecule has 2 amide bonds. The maximum Gasteiger partial charge on any atom is 0.338 e. The topological polar surface area (TPSA) is 131 Å². The molecular weight excluding hydrogens is 450 g/mol. The summed E-state index contributed by atoms with van der Waals surface area (Å²) in [6.07, 6.45) is 0. The van der Waals surface area contributed by atoms with Crippen molar-refractivity contribution in [3.63, 3.8) is 0 Å². The Hall–Kier alpha value is -3.28. The third kappa shape index (κ3) is 6.37. The summed E-state index contributed by atoms with van der Waals surface area (Å²) in [5.74, 6) is -1.58. The molecule has 2 aromatic carbocycles. The molecule has 11 heteroatoms. The molecule has 1 heterocycles. The second kappa shape index (κ2) is 10.6. The van der Waals surface area contributed by atoms with Crippen LogP contribution in [0.1, 0.15) is 22.8 Å². The van der Waals surface area contributed by atoms with E-state index in [0.29, 0.717) is 30.2 Å².